The number of hydrogen-bond acceptors (Lipinski definition) is 5. The third-order valence-electron chi connectivity index (χ3n) is 4.53. The first kappa shape index (κ1) is 21.2. The first-order chi connectivity index (χ1) is 13.9. The van der Waals surface area contributed by atoms with Crippen molar-refractivity contribution < 1.29 is 9.90 Å². The second-order valence-corrected chi connectivity index (χ2v) is 7.78. The van der Waals surface area contributed by atoms with Gasteiger partial charge >= 0.3 is 0 Å². The lowest BCUT2D eigenvalue weighted by Gasteiger charge is -2.16. The standard InChI is InChI=1S/C21H20BrClN4O2/c1-13(24-2)19(20(28)14-7-9-16(22)10-8-14)21(29)18-12-27(26-25-18)11-15-5-3-4-6-17(15)23/h3-10,12,21,24,29H,11H2,1-2H3/t21-/m0/s1. The molecule has 0 aliphatic heterocycles. The first-order valence-electron chi connectivity index (χ1n) is 8.91. The topological polar surface area (TPSA) is 80.0 Å². The van der Waals surface area contributed by atoms with E-state index in [1.807, 2.05) is 18.2 Å². The molecule has 0 aliphatic carbocycles. The van der Waals surface area contributed by atoms with Crippen LogP contribution in [-0.4, -0.2) is 32.9 Å². The maximum atomic E-state index is 13.1. The zero-order valence-electron chi connectivity index (χ0n) is 15.9. The van der Waals surface area contributed by atoms with E-state index in [2.05, 4.69) is 31.6 Å². The van der Waals surface area contributed by atoms with Gasteiger partial charge in [-0.1, -0.05) is 50.9 Å². The highest BCUT2D eigenvalue weighted by molar-refractivity contribution is 9.10. The lowest BCUT2D eigenvalue weighted by Crippen LogP contribution is -2.19. The Morgan fingerprint density at radius 2 is 1.93 bits per heavy atom. The molecule has 1 heterocycles. The van der Waals surface area contributed by atoms with E-state index in [0.717, 1.165) is 10.0 Å². The van der Waals surface area contributed by atoms with Gasteiger partial charge in [0.1, 0.15) is 11.8 Å². The van der Waals surface area contributed by atoms with Gasteiger partial charge in [-0.2, -0.15) is 0 Å². The molecule has 6 nitrogen and oxygen atoms in total. The van der Waals surface area contributed by atoms with Crippen LogP contribution < -0.4 is 5.32 Å². The van der Waals surface area contributed by atoms with Crippen LogP contribution in [0.4, 0.5) is 0 Å². The molecule has 0 fully saturated rings. The average Bonchev–Trinajstić information content (AvgIpc) is 3.18. The van der Waals surface area contributed by atoms with E-state index < -0.39 is 6.10 Å². The van der Waals surface area contributed by atoms with E-state index in [-0.39, 0.29) is 17.1 Å². The van der Waals surface area contributed by atoms with Crippen molar-refractivity contribution in [3.8, 4) is 0 Å². The fourth-order valence-electron chi connectivity index (χ4n) is 2.86. The van der Waals surface area contributed by atoms with Crippen LogP contribution in [0.3, 0.4) is 0 Å². The van der Waals surface area contributed by atoms with Crippen LogP contribution in [0.1, 0.15) is 34.6 Å². The Morgan fingerprint density at radius 1 is 1.24 bits per heavy atom. The number of ketones is 1. The van der Waals surface area contributed by atoms with E-state index >= 15 is 0 Å². The van der Waals surface area contributed by atoms with Crippen molar-refractivity contribution in [1.82, 2.24) is 20.3 Å². The van der Waals surface area contributed by atoms with Gasteiger partial charge in [0.15, 0.2) is 5.78 Å². The highest BCUT2D eigenvalue weighted by Crippen LogP contribution is 2.26. The number of rotatable bonds is 7. The molecule has 1 aromatic heterocycles. The van der Waals surface area contributed by atoms with Crippen molar-refractivity contribution in [3.63, 3.8) is 0 Å². The Hall–Kier alpha value is -2.48. The fraction of sp³-hybridized carbons (Fsp3) is 0.190. The van der Waals surface area contributed by atoms with Gasteiger partial charge in [-0.05, 0) is 42.8 Å². The SMILES string of the molecule is CNC(C)=C(C(=O)c1ccc(Br)cc1)[C@@H](O)c1cn(Cc2ccccc2Cl)nn1. The summed E-state index contributed by atoms with van der Waals surface area (Å²) >= 11 is 9.56. The summed E-state index contributed by atoms with van der Waals surface area (Å²) in [4.78, 5) is 13.1. The predicted octanol–water partition coefficient (Wildman–Crippen LogP) is 4.15. The molecule has 3 aromatic rings. The van der Waals surface area contributed by atoms with E-state index in [0.29, 0.717) is 22.8 Å². The number of aliphatic hydroxyl groups is 1. The molecule has 3 rings (SSSR count). The van der Waals surface area contributed by atoms with E-state index in [1.54, 1.807) is 55.2 Å². The lowest BCUT2D eigenvalue weighted by atomic mass is 9.95. The maximum Gasteiger partial charge on any atom is 0.193 e. The Bertz CT molecular complexity index is 1050. The third kappa shape index (κ3) is 4.93. The minimum absolute atomic E-state index is 0.222. The summed E-state index contributed by atoms with van der Waals surface area (Å²) in [7, 11) is 1.70. The molecule has 29 heavy (non-hydrogen) atoms. The number of halogens is 2. The number of nitrogens with one attached hydrogen (secondary N) is 1. The van der Waals surface area contributed by atoms with Crippen LogP contribution >= 0.6 is 27.5 Å². The second-order valence-electron chi connectivity index (χ2n) is 6.46. The van der Waals surface area contributed by atoms with Gasteiger partial charge in [-0.15, -0.1) is 5.10 Å². The van der Waals surface area contributed by atoms with Crippen LogP contribution in [-0.2, 0) is 6.54 Å². The smallest absolute Gasteiger partial charge is 0.193 e. The van der Waals surface area contributed by atoms with Gasteiger partial charge < -0.3 is 10.4 Å². The largest absolute Gasteiger partial charge is 0.391 e. The molecule has 0 saturated carbocycles. The van der Waals surface area contributed by atoms with Crippen LogP contribution in [0.25, 0.3) is 0 Å². The van der Waals surface area contributed by atoms with Crippen LogP contribution in [0, 0.1) is 0 Å². The maximum absolute atomic E-state index is 13.1. The zero-order chi connectivity index (χ0) is 21.0. The minimum Gasteiger partial charge on any atom is -0.391 e. The van der Waals surface area contributed by atoms with Gasteiger partial charge in [0.05, 0.1) is 18.3 Å². The van der Waals surface area contributed by atoms with E-state index in [4.69, 9.17) is 11.6 Å². The Morgan fingerprint density at radius 3 is 2.59 bits per heavy atom. The highest BCUT2D eigenvalue weighted by atomic mass is 79.9. The molecule has 2 aromatic carbocycles. The van der Waals surface area contributed by atoms with E-state index in [9.17, 15) is 9.90 Å². The van der Waals surface area contributed by atoms with Crippen molar-refractivity contribution in [3.05, 3.63) is 92.3 Å². The molecule has 8 heteroatoms. The summed E-state index contributed by atoms with van der Waals surface area (Å²) in [5.74, 6) is -0.280. The number of benzene rings is 2. The van der Waals surface area contributed by atoms with Crippen LogP contribution in [0.2, 0.25) is 5.02 Å². The van der Waals surface area contributed by atoms with Gasteiger partial charge in [-0.3, -0.25) is 4.79 Å². The van der Waals surface area contributed by atoms with Crippen LogP contribution in [0.5, 0.6) is 0 Å². The summed E-state index contributed by atoms with van der Waals surface area (Å²) in [6.07, 6.45) is 0.393. The molecule has 0 saturated heterocycles. The first-order valence-corrected chi connectivity index (χ1v) is 10.1. The molecule has 150 valence electrons. The van der Waals surface area contributed by atoms with Crippen molar-refractivity contribution in [2.45, 2.75) is 19.6 Å². The van der Waals surface area contributed by atoms with Crippen molar-refractivity contribution in [1.29, 1.82) is 0 Å². The average molecular weight is 476 g/mol. The summed E-state index contributed by atoms with van der Waals surface area (Å²) in [5, 5.41) is 22.6. The molecule has 0 amide bonds. The summed E-state index contributed by atoms with van der Waals surface area (Å²) < 4.78 is 2.45. The summed E-state index contributed by atoms with van der Waals surface area (Å²) in [5.41, 5.74) is 2.42. The van der Waals surface area contributed by atoms with Crippen molar-refractivity contribution >= 4 is 33.3 Å². The Kier molecular flexibility index (Phi) is 6.84. The molecule has 0 bridgehead atoms. The lowest BCUT2D eigenvalue weighted by molar-refractivity contribution is 0.0981. The molecule has 0 spiro atoms. The summed E-state index contributed by atoms with van der Waals surface area (Å²) in [6.45, 7) is 2.15. The normalized spacial score (nSPS) is 13.0. The predicted molar refractivity (Wildman–Crippen MR) is 116 cm³/mol. The van der Waals surface area contributed by atoms with Crippen molar-refractivity contribution in [2.24, 2.45) is 0 Å². The molecule has 1 atom stereocenters. The molecule has 0 unspecified atom stereocenters. The highest BCUT2D eigenvalue weighted by Gasteiger charge is 2.26. The number of aliphatic hydroxyl groups excluding tert-OH is 1. The van der Waals surface area contributed by atoms with Gasteiger partial charge in [0, 0.05) is 27.8 Å². The third-order valence-corrected chi connectivity index (χ3v) is 5.43. The second kappa shape index (κ2) is 9.35. The number of Topliss-reactive ketones (excluding diaryl/α,β-unsaturated/α-hetero) is 1. The van der Waals surface area contributed by atoms with Crippen molar-refractivity contribution in [2.75, 3.05) is 7.05 Å². The van der Waals surface area contributed by atoms with Crippen LogP contribution in [0.15, 0.2) is 70.5 Å². The molecule has 2 N–H and O–H groups in total. The molecule has 0 radical (unpaired) electrons. The number of aromatic nitrogens is 3. The monoisotopic (exact) mass is 474 g/mol. The molecular weight excluding hydrogens is 456 g/mol. The molecular formula is C21H20BrClN4O2. The zero-order valence-corrected chi connectivity index (χ0v) is 18.3. The van der Waals surface area contributed by atoms with Gasteiger partial charge in [0.2, 0.25) is 0 Å². The minimum atomic E-state index is -1.22. The number of carbonyl (C=O) groups is 1. The number of carbonyl (C=O) groups excluding carboxylic acids is 1. The van der Waals surface area contributed by atoms with Gasteiger partial charge in [-0.25, -0.2) is 4.68 Å². The number of nitrogens with zero attached hydrogens (tertiary/aromatic N) is 3. The fourth-order valence-corrected chi connectivity index (χ4v) is 3.32. The van der Waals surface area contributed by atoms with E-state index in [1.165, 1.54) is 0 Å². The summed E-state index contributed by atoms with van der Waals surface area (Å²) in [6, 6.07) is 14.4. The quantitative estimate of drug-likeness (QED) is 0.396. The Labute approximate surface area is 182 Å². The number of allylic oxidation sites excluding steroid dienone is 1. The Balaban J connectivity index is 1.88. The van der Waals surface area contributed by atoms with Gasteiger partial charge in [0.25, 0.3) is 0 Å². The number of hydrogen-bond donors (Lipinski definition) is 2. The molecule has 0 aliphatic rings.